The van der Waals surface area contributed by atoms with Crippen molar-refractivity contribution in [3.63, 3.8) is 0 Å². The third-order valence-corrected chi connectivity index (χ3v) is 5.93. The number of aryl methyl sites for hydroxylation is 3. The van der Waals surface area contributed by atoms with Crippen LogP contribution in [0.25, 0.3) is 5.82 Å². The van der Waals surface area contributed by atoms with Gasteiger partial charge in [-0.3, -0.25) is 4.68 Å². The van der Waals surface area contributed by atoms with Gasteiger partial charge in [0.15, 0.2) is 5.82 Å². The van der Waals surface area contributed by atoms with E-state index in [9.17, 15) is 8.42 Å². The molecule has 0 aromatic carbocycles. The fourth-order valence-electron chi connectivity index (χ4n) is 2.91. The highest BCUT2D eigenvalue weighted by atomic mass is 32.2. The Balaban J connectivity index is 1.56. The van der Waals surface area contributed by atoms with E-state index in [0.29, 0.717) is 36.1 Å². The smallest absolute Gasteiger partial charge is 0.244 e. The van der Waals surface area contributed by atoms with Gasteiger partial charge < -0.3 is 5.32 Å². The molecule has 3 rings (SSSR count). The topological polar surface area (TPSA) is 120 Å². The third kappa shape index (κ3) is 4.20. The van der Waals surface area contributed by atoms with Gasteiger partial charge in [-0.05, 0) is 45.9 Å². The van der Waals surface area contributed by atoms with E-state index < -0.39 is 10.0 Å². The maximum absolute atomic E-state index is 12.6. The van der Waals surface area contributed by atoms with Gasteiger partial charge in [0.25, 0.3) is 0 Å². The minimum absolute atomic E-state index is 0.209. The van der Waals surface area contributed by atoms with E-state index in [1.165, 1.54) is 0 Å². The predicted molar refractivity (Wildman–Crippen MR) is 105 cm³/mol. The van der Waals surface area contributed by atoms with Crippen molar-refractivity contribution >= 4 is 15.8 Å². The van der Waals surface area contributed by atoms with Crippen LogP contribution >= 0.6 is 0 Å². The average Bonchev–Trinajstić information content (AvgIpc) is 3.22. The summed E-state index contributed by atoms with van der Waals surface area (Å²) in [5, 5.41) is 19.8. The number of aromatic nitrogens is 6. The first-order chi connectivity index (χ1) is 13.3. The highest BCUT2D eigenvalue weighted by Crippen LogP contribution is 2.18. The molecule has 150 valence electrons. The van der Waals surface area contributed by atoms with Crippen LogP contribution in [0, 0.1) is 20.8 Å². The van der Waals surface area contributed by atoms with Gasteiger partial charge in [-0.15, -0.1) is 10.2 Å². The first-order valence-electron chi connectivity index (χ1n) is 8.95. The second-order valence-corrected chi connectivity index (χ2v) is 8.02. The predicted octanol–water partition coefficient (Wildman–Crippen LogP) is 1.19. The quantitative estimate of drug-likeness (QED) is 0.541. The van der Waals surface area contributed by atoms with Gasteiger partial charge in [0.2, 0.25) is 10.0 Å². The van der Waals surface area contributed by atoms with Crippen molar-refractivity contribution in [2.24, 2.45) is 0 Å². The van der Waals surface area contributed by atoms with Crippen LogP contribution in [0.5, 0.6) is 0 Å². The average molecular weight is 405 g/mol. The van der Waals surface area contributed by atoms with E-state index in [1.54, 1.807) is 35.3 Å². The zero-order valence-corrected chi connectivity index (χ0v) is 17.2. The number of nitrogens with zero attached hydrogens (tertiary/aromatic N) is 6. The summed E-state index contributed by atoms with van der Waals surface area (Å²) in [6.07, 6.45) is 1.81. The van der Waals surface area contributed by atoms with Crippen LogP contribution in [0.4, 0.5) is 5.82 Å². The minimum Gasteiger partial charge on any atom is -0.367 e. The second kappa shape index (κ2) is 8.07. The summed E-state index contributed by atoms with van der Waals surface area (Å²) >= 11 is 0. The van der Waals surface area contributed by atoms with Crippen LogP contribution in [-0.4, -0.2) is 51.3 Å². The normalized spacial score (nSPS) is 11.7. The van der Waals surface area contributed by atoms with E-state index in [4.69, 9.17) is 0 Å². The fraction of sp³-hybridized carbons (Fsp3) is 0.412. The molecular weight excluding hydrogens is 380 g/mol. The molecule has 0 saturated heterocycles. The molecule has 0 saturated carbocycles. The molecule has 3 aromatic heterocycles. The first kappa shape index (κ1) is 20.0. The van der Waals surface area contributed by atoms with Crippen molar-refractivity contribution in [3.8, 4) is 5.82 Å². The monoisotopic (exact) mass is 404 g/mol. The lowest BCUT2D eigenvalue weighted by atomic mass is 10.4. The van der Waals surface area contributed by atoms with Crippen molar-refractivity contribution in [2.45, 2.75) is 39.1 Å². The molecular formula is C17H24N8O2S. The molecule has 0 aliphatic heterocycles. The molecule has 0 aliphatic carbocycles. The summed E-state index contributed by atoms with van der Waals surface area (Å²) in [6.45, 7) is 8.48. The van der Waals surface area contributed by atoms with Crippen molar-refractivity contribution < 1.29 is 8.42 Å². The highest BCUT2D eigenvalue weighted by molar-refractivity contribution is 7.89. The maximum atomic E-state index is 12.6. The molecule has 0 spiro atoms. The Morgan fingerprint density at radius 3 is 2.39 bits per heavy atom. The summed E-state index contributed by atoms with van der Waals surface area (Å²) in [6, 6.07) is 5.44. The Labute approximate surface area is 164 Å². The zero-order valence-electron chi connectivity index (χ0n) is 16.3. The standard InChI is InChI=1S/C17H24N8O2S/c1-5-24-14(4)17(13(3)23-24)28(26,27)19-10-9-18-15-6-7-16(21-20-15)25-11-8-12(2)22-25/h6-8,11,19H,5,9-10H2,1-4H3,(H,18,20). The van der Waals surface area contributed by atoms with Crippen LogP contribution < -0.4 is 10.0 Å². The molecule has 10 nitrogen and oxygen atoms in total. The Kier molecular flexibility index (Phi) is 5.75. The van der Waals surface area contributed by atoms with E-state index in [1.807, 2.05) is 26.1 Å². The Bertz CT molecular complexity index is 1050. The highest BCUT2D eigenvalue weighted by Gasteiger charge is 2.23. The summed E-state index contributed by atoms with van der Waals surface area (Å²) in [4.78, 5) is 0.244. The van der Waals surface area contributed by atoms with Crippen molar-refractivity contribution in [3.05, 3.63) is 41.5 Å². The molecule has 0 unspecified atom stereocenters. The van der Waals surface area contributed by atoms with E-state index in [2.05, 4.69) is 30.4 Å². The Hall–Kier alpha value is -2.79. The molecule has 2 N–H and O–H groups in total. The molecule has 0 aliphatic rings. The maximum Gasteiger partial charge on any atom is 0.244 e. The molecule has 0 atom stereocenters. The van der Waals surface area contributed by atoms with Crippen LogP contribution in [0.2, 0.25) is 0 Å². The van der Waals surface area contributed by atoms with Gasteiger partial charge in [0.1, 0.15) is 10.7 Å². The zero-order chi connectivity index (χ0) is 20.3. The molecule has 0 bridgehead atoms. The lowest BCUT2D eigenvalue weighted by Crippen LogP contribution is -2.29. The first-order valence-corrected chi connectivity index (χ1v) is 10.4. The summed E-state index contributed by atoms with van der Waals surface area (Å²) in [7, 11) is -3.63. The van der Waals surface area contributed by atoms with Crippen LogP contribution in [0.1, 0.15) is 24.0 Å². The van der Waals surface area contributed by atoms with Crippen molar-refractivity contribution in [1.82, 2.24) is 34.5 Å². The lowest BCUT2D eigenvalue weighted by molar-refractivity contribution is 0.580. The molecule has 3 aromatic rings. The molecule has 28 heavy (non-hydrogen) atoms. The van der Waals surface area contributed by atoms with Crippen LogP contribution in [-0.2, 0) is 16.6 Å². The molecule has 0 amide bonds. The number of sulfonamides is 1. The van der Waals surface area contributed by atoms with E-state index >= 15 is 0 Å². The Morgan fingerprint density at radius 2 is 1.82 bits per heavy atom. The molecule has 11 heteroatoms. The van der Waals surface area contributed by atoms with Crippen molar-refractivity contribution in [2.75, 3.05) is 18.4 Å². The molecule has 3 heterocycles. The summed E-state index contributed by atoms with van der Waals surface area (Å²) in [5.74, 6) is 1.16. The van der Waals surface area contributed by atoms with Crippen LogP contribution in [0.15, 0.2) is 29.3 Å². The summed E-state index contributed by atoms with van der Waals surface area (Å²) < 4.78 is 31.1. The van der Waals surface area contributed by atoms with Crippen molar-refractivity contribution in [1.29, 1.82) is 0 Å². The van der Waals surface area contributed by atoms with E-state index in [-0.39, 0.29) is 11.4 Å². The van der Waals surface area contributed by atoms with Gasteiger partial charge >= 0.3 is 0 Å². The number of anilines is 1. The largest absolute Gasteiger partial charge is 0.367 e. The van der Waals surface area contributed by atoms with Gasteiger partial charge in [-0.2, -0.15) is 10.2 Å². The second-order valence-electron chi connectivity index (χ2n) is 6.32. The number of nitrogens with one attached hydrogen (secondary N) is 2. The van der Waals surface area contributed by atoms with Gasteiger partial charge in [0, 0.05) is 25.8 Å². The Morgan fingerprint density at radius 1 is 1.04 bits per heavy atom. The van der Waals surface area contributed by atoms with Crippen LogP contribution in [0.3, 0.4) is 0 Å². The number of hydrogen-bond donors (Lipinski definition) is 2. The third-order valence-electron chi connectivity index (χ3n) is 4.21. The minimum atomic E-state index is -3.63. The fourth-order valence-corrected chi connectivity index (χ4v) is 4.35. The number of hydrogen-bond acceptors (Lipinski definition) is 7. The molecule has 0 radical (unpaired) electrons. The van der Waals surface area contributed by atoms with Gasteiger partial charge in [-0.1, -0.05) is 0 Å². The van der Waals surface area contributed by atoms with Gasteiger partial charge in [0.05, 0.1) is 17.1 Å². The lowest BCUT2D eigenvalue weighted by Gasteiger charge is -2.09. The molecule has 0 fully saturated rings. The van der Waals surface area contributed by atoms with E-state index in [0.717, 1.165) is 5.69 Å². The van der Waals surface area contributed by atoms with Gasteiger partial charge in [-0.25, -0.2) is 17.8 Å². The summed E-state index contributed by atoms with van der Waals surface area (Å²) in [5.41, 5.74) is 2.03. The number of rotatable bonds is 8. The SMILES string of the molecule is CCn1nc(C)c(S(=O)(=O)NCCNc2ccc(-n3ccc(C)n3)nn2)c1C.